The molecular weight excluding hydrogens is 288 g/mol. The molecule has 4 nitrogen and oxygen atoms in total. The van der Waals surface area contributed by atoms with Crippen molar-refractivity contribution in [2.75, 3.05) is 7.11 Å². The Labute approximate surface area is 138 Å². The molecule has 1 aromatic heterocycles. The van der Waals surface area contributed by atoms with Gasteiger partial charge in [-0.1, -0.05) is 18.2 Å². The van der Waals surface area contributed by atoms with Crippen LogP contribution in [0.5, 0.6) is 5.75 Å². The molecule has 0 saturated heterocycles. The molecule has 0 N–H and O–H groups in total. The molecule has 0 spiro atoms. The smallest absolute Gasteiger partial charge is 0.255 e. The predicted molar refractivity (Wildman–Crippen MR) is 92.7 cm³/mol. The average Bonchev–Trinajstić information content (AvgIpc) is 2.54. The first-order valence-electron chi connectivity index (χ1n) is 7.88. The molecular formula is C19H24N2O2. The molecule has 0 aliphatic heterocycles. The van der Waals surface area contributed by atoms with Gasteiger partial charge in [-0.15, -0.1) is 0 Å². The molecule has 0 aliphatic carbocycles. The molecule has 122 valence electrons. The summed E-state index contributed by atoms with van der Waals surface area (Å²) in [6.45, 7) is 8.12. The lowest BCUT2D eigenvalue weighted by Gasteiger charge is -2.31. The first-order chi connectivity index (χ1) is 11.0. The van der Waals surface area contributed by atoms with Crippen molar-refractivity contribution in [3.05, 3.63) is 48.2 Å². The van der Waals surface area contributed by atoms with Crippen molar-refractivity contribution in [2.24, 2.45) is 0 Å². The summed E-state index contributed by atoms with van der Waals surface area (Å²) in [5.41, 5.74) is 2.12. The summed E-state index contributed by atoms with van der Waals surface area (Å²) in [6.07, 6.45) is 1.71. The third kappa shape index (κ3) is 3.52. The zero-order valence-corrected chi connectivity index (χ0v) is 14.4. The third-order valence-electron chi connectivity index (χ3n) is 3.75. The summed E-state index contributed by atoms with van der Waals surface area (Å²) in [4.78, 5) is 19.4. The Morgan fingerprint density at radius 1 is 1.04 bits per heavy atom. The zero-order chi connectivity index (χ0) is 17.0. The van der Waals surface area contributed by atoms with Crippen LogP contribution in [0.3, 0.4) is 0 Å². The summed E-state index contributed by atoms with van der Waals surface area (Å²) < 4.78 is 5.40. The van der Waals surface area contributed by atoms with Gasteiger partial charge < -0.3 is 9.64 Å². The highest BCUT2D eigenvalue weighted by Gasteiger charge is 2.25. The Hall–Kier alpha value is -2.36. The van der Waals surface area contributed by atoms with E-state index >= 15 is 0 Å². The molecule has 0 atom stereocenters. The van der Waals surface area contributed by atoms with Crippen molar-refractivity contribution in [1.82, 2.24) is 9.88 Å². The number of hydrogen-bond acceptors (Lipinski definition) is 3. The molecule has 2 rings (SSSR count). The number of carbonyl (C=O) groups is 1. The molecule has 1 amide bonds. The van der Waals surface area contributed by atoms with Crippen molar-refractivity contribution in [3.8, 4) is 17.0 Å². The number of rotatable bonds is 5. The SMILES string of the molecule is COc1cccnc1-c1ccccc1C(=O)N(C(C)C)C(C)C. The van der Waals surface area contributed by atoms with Crippen LogP contribution in [-0.4, -0.2) is 35.0 Å². The monoisotopic (exact) mass is 312 g/mol. The van der Waals surface area contributed by atoms with Crippen LogP contribution < -0.4 is 4.74 Å². The number of benzene rings is 1. The van der Waals surface area contributed by atoms with Gasteiger partial charge in [-0.3, -0.25) is 9.78 Å². The van der Waals surface area contributed by atoms with Crippen LogP contribution >= 0.6 is 0 Å². The summed E-state index contributed by atoms with van der Waals surface area (Å²) >= 11 is 0. The number of ether oxygens (including phenoxy) is 1. The van der Waals surface area contributed by atoms with E-state index in [-0.39, 0.29) is 18.0 Å². The van der Waals surface area contributed by atoms with Crippen LogP contribution in [0.4, 0.5) is 0 Å². The van der Waals surface area contributed by atoms with Gasteiger partial charge in [0.05, 0.1) is 7.11 Å². The highest BCUT2D eigenvalue weighted by atomic mass is 16.5. The largest absolute Gasteiger partial charge is 0.494 e. The normalized spacial score (nSPS) is 10.9. The van der Waals surface area contributed by atoms with E-state index in [1.165, 1.54) is 0 Å². The predicted octanol–water partition coefficient (Wildman–Crippen LogP) is 4.02. The molecule has 1 aromatic carbocycles. The van der Waals surface area contributed by atoms with E-state index in [9.17, 15) is 4.79 Å². The maximum atomic E-state index is 13.1. The summed E-state index contributed by atoms with van der Waals surface area (Å²) in [5.74, 6) is 0.673. The van der Waals surface area contributed by atoms with Crippen LogP contribution in [0.15, 0.2) is 42.6 Å². The van der Waals surface area contributed by atoms with Crippen LogP contribution in [0, 0.1) is 0 Å². The second-order valence-corrected chi connectivity index (χ2v) is 6.00. The Morgan fingerprint density at radius 3 is 2.30 bits per heavy atom. The Morgan fingerprint density at radius 2 is 1.70 bits per heavy atom. The van der Waals surface area contributed by atoms with Crippen molar-refractivity contribution in [3.63, 3.8) is 0 Å². The lowest BCUT2D eigenvalue weighted by atomic mass is 10.0. The number of methoxy groups -OCH3 is 1. The zero-order valence-electron chi connectivity index (χ0n) is 14.4. The van der Waals surface area contributed by atoms with Gasteiger partial charge in [0.15, 0.2) is 0 Å². The van der Waals surface area contributed by atoms with Crippen molar-refractivity contribution in [1.29, 1.82) is 0 Å². The maximum absolute atomic E-state index is 13.1. The van der Waals surface area contributed by atoms with E-state index in [4.69, 9.17) is 4.74 Å². The van der Waals surface area contributed by atoms with Gasteiger partial charge in [-0.2, -0.15) is 0 Å². The number of pyridine rings is 1. The molecule has 0 aliphatic rings. The lowest BCUT2D eigenvalue weighted by Crippen LogP contribution is -2.42. The van der Waals surface area contributed by atoms with E-state index < -0.39 is 0 Å². The molecule has 0 saturated carbocycles. The highest BCUT2D eigenvalue weighted by Crippen LogP contribution is 2.31. The minimum absolute atomic E-state index is 0.0123. The van der Waals surface area contributed by atoms with Gasteiger partial charge in [-0.05, 0) is 45.9 Å². The fourth-order valence-electron chi connectivity index (χ4n) is 2.84. The van der Waals surface area contributed by atoms with Gasteiger partial charge in [0, 0.05) is 29.4 Å². The fourth-order valence-corrected chi connectivity index (χ4v) is 2.84. The van der Waals surface area contributed by atoms with E-state index in [1.807, 2.05) is 69.0 Å². The minimum Gasteiger partial charge on any atom is -0.494 e. The molecule has 0 unspecified atom stereocenters. The summed E-state index contributed by atoms with van der Waals surface area (Å²) in [6, 6.07) is 11.5. The average molecular weight is 312 g/mol. The third-order valence-corrected chi connectivity index (χ3v) is 3.75. The van der Waals surface area contributed by atoms with Gasteiger partial charge >= 0.3 is 0 Å². The Balaban J connectivity index is 2.56. The number of hydrogen-bond donors (Lipinski definition) is 0. The van der Waals surface area contributed by atoms with Crippen molar-refractivity contribution in [2.45, 2.75) is 39.8 Å². The standard InChI is InChI=1S/C19H24N2O2/c1-13(2)21(14(3)4)19(22)16-10-7-6-9-15(16)18-17(23-5)11-8-12-20-18/h6-14H,1-5H3. The second kappa shape index (κ2) is 7.27. The van der Waals surface area contributed by atoms with Crippen LogP contribution in [-0.2, 0) is 0 Å². The number of amides is 1. The van der Waals surface area contributed by atoms with Crippen LogP contribution in [0.1, 0.15) is 38.1 Å². The first kappa shape index (κ1) is 17.0. The quantitative estimate of drug-likeness (QED) is 0.837. The Bertz CT molecular complexity index is 673. The summed E-state index contributed by atoms with van der Waals surface area (Å²) in [5, 5.41) is 0. The first-order valence-corrected chi connectivity index (χ1v) is 7.88. The van der Waals surface area contributed by atoms with Gasteiger partial charge in [0.1, 0.15) is 11.4 Å². The van der Waals surface area contributed by atoms with Crippen molar-refractivity contribution < 1.29 is 9.53 Å². The van der Waals surface area contributed by atoms with Gasteiger partial charge in [0.25, 0.3) is 5.91 Å². The number of nitrogens with zero attached hydrogens (tertiary/aromatic N) is 2. The molecule has 1 heterocycles. The molecule has 4 heteroatoms. The highest BCUT2D eigenvalue weighted by molar-refractivity contribution is 6.01. The van der Waals surface area contributed by atoms with E-state index in [1.54, 1.807) is 13.3 Å². The van der Waals surface area contributed by atoms with Crippen molar-refractivity contribution >= 4 is 5.91 Å². The van der Waals surface area contributed by atoms with Gasteiger partial charge in [0.2, 0.25) is 0 Å². The maximum Gasteiger partial charge on any atom is 0.255 e. The number of carbonyl (C=O) groups excluding carboxylic acids is 1. The fraction of sp³-hybridized carbons (Fsp3) is 0.368. The Kier molecular flexibility index (Phi) is 5.37. The minimum atomic E-state index is 0.0123. The molecule has 0 bridgehead atoms. The molecule has 2 aromatic rings. The summed E-state index contributed by atoms with van der Waals surface area (Å²) in [7, 11) is 1.61. The van der Waals surface area contributed by atoms with E-state index in [0.29, 0.717) is 17.0 Å². The van der Waals surface area contributed by atoms with E-state index in [0.717, 1.165) is 5.56 Å². The van der Waals surface area contributed by atoms with Crippen LogP contribution in [0.25, 0.3) is 11.3 Å². The second-order valence-electron chi connectivity index (χ2n) is 6.00. The lowest BCUT2D eigenvalue weighted by molar-refractivity contribution is 0.0644. The molecule has 0 fully saturated rings. The van der Waals surface area contributed by atoms with E-state index in [2.05, 4.69) is 4.98 Å². The van der Waals surface area contributed by atoms with Crippen LogP contribution in [0.2, 0.25) is 0 Å². The number of aromatic nitrogens is 1. The molecule has 0 radical (unpaired) electrons. The molecule has 23 heavy (non-hydrogen) atoms. The topological polar surface area (TPSA) is 42.4 Å². The van der Waals surface area contributed by atoms with Gasteiger partial charge in [-0.25, -0.2) is 0 Å².